The fraction of sp³-hybridized carbons (Fsp3) is 0.687. The van der Waals surface area contributed by atoms with Gasteiger partial charge in [-0.1, -0.05) is 74.3 Å². The van der Waals surface area contributed by atoms with Gasteiger partial charge in [0.05, 0.1) is 42.7 Å². The number of hydrogen-bond donors (Lipinski definition) is 4. The van der Waals surface area contributed by atoms with Crippen molar-refractivity contribution in [3.8, 4) is 23.6 Å². The zero-order valence-corrected chi connectivity index (χ0v) is 72.1. The molecule has 0 saturated carbocycles. The number of amides is 2. The van der Waals surface area contributed by atoms with Crippen molar-refractivity contribution in [2.75, 3.05) is 92.7 Å². The molecule has 0 bridgehead atoms. The van der Waals surface area contributed by atoms with E-state index >= 15 is 0 Å². The second kappa shape index (κ2) is 44.1. The number of carbonyl (C=O) groups is 6. The number of aryl methyl sites for hydroxylation is 1. The number of ketones is 2. The van der Waals surface area contributed by atoms with Crippen LogP contribution in [0.15, 0.2) is 83.1 Å². The Balaban J connectivity index is 0.000000315. The van der Waals surface area contributed by atoms with E-state index in [9.17, 15) is 42.9 Å². The molecule has 640 valence electrons. The minimum Gasteiger partial charge on any atom is -0.458 e. The number of aliphatic hydroxyl groups excluding tert-OH is 2. The fourth-order valence-corrected chi connectivity index (χ4v) is 16.3. The van der Waals surface area contributed by atoms with E-state index in [0.29, 0.717) is 95.6 Å². The summed E-state index contributed by atoms with van der Waals surface area (Å²) < 4.78 is 61.6. The van der Waals surface area contributed by atoms with Gasteiger partial charge in [-0.2, -0.15) is 3.89 Å². The minimum atomic E-state index is -1.20. The predicted molar refractivity (Wildman–Crippen MR) is 440 cm³/mol. The number of azide groups is 1. The molecule has 6 N–H and O–H groups in total. The Morgan fingerprint density at radius 3 is 1.50 bits per heavy atom. The van der Waals surface area contributed by atoms with Gasteiger partial charge >= 0.3 is 24.1 Å². The number of halogens is 1. The summed E-state index contributed by atoms with van der Waals surface area (Å²) in [6.45, 7) is 28.2. The van der Waals surface area contributed by atoms with Crippen LogP contribution in [0.5, 0.6) is 0 Å². The van der Waals surface area contributed by atoms with E-state index in [2.05, 4.69) is 36.1 Å². The van der Waals surface area contributed by atoms with E-state index in [1.807, 2.05) is 169 Å². The summed E-state index contributed by atoms with van der Waals surface area (Å²) in [4.78, 5) is 97.0. The highest BCUT2D eigenvalue weighted by Gasteiger charge is 2.61. The molecule has 6 aliphatic heterocycles. The van der Waals surface area contributed by atoms with E-state index in [4.69, 9.17) is 61.3 Å². The number of esters is 2. The summed E-state index contributed by atoms with van der Waals surface area (Å²) in [5.74, 6) is -3.41. The maximum Gasteiger partial charge on any atom is 0.410 e. The second-order valence-corrected chi connectivity index (χ2v) is 32.5. The third-order valence-electron chi connectivity index (χ3n) is 23.3. The topological polar surface area (TPSA) is 368 Å². The number of anilines is 2. The highest BCUT2D eigenvalue weighted by molar-refractivity contribution is 7.93. The van der Waals surface area contributed by atoms with Crippen LogP contribution < -0.4 is 11.5 Å². The van der Waals surface area contributed by atoms with Crippen LogP contribution in [0.25, 0.3) is 21.7 Å². The van der Waals surface area contributed by atoms with Crippen molar-refractivity contribution in [3.05, 3.63) is 94.0 Å². The van der Waals surface area contributed by atoms with Crippen LogP contribution in [0.2, 0.25) is 0 Å². The molecule has 9 rings (SSSR count). The quantitative estimate of drug-likeness (QED) is 0.00827. The molecule has 32 heteroatoms. The maximum absolute atomic E-state index is 14.1. The molecule has 2 aromatic carbocycles. The van der Waals surface area contributed by atoms with Gasteiger partial charge in [0.2, 0.25) is 0 Å². The number of aliphatic hydroxyl groups is 2. The normalized spacial score (nSPS) is 33.6. The van der Waals surface area contributed by atoms with Crippen molar-refractivity contribution >= 4 is 59.2 Å². The first-order valence-corrected chi connectivity index (χ1v) is 41.2. The lowest BCUT2D eigenvalue weighted by Gasteiger charge is -2.43. The number of unbranched alkanes of at least 4 members (excludes halogenated alkanes) is 2. The predicted octanol–water partition coefficient (Wildman–Crippen LogP) is 10.5. The number of cyclic esters (lactones) is 2. The van der Waals surface area contributed by atoms with Crippen molar-refractivity contribution < 1.29 is 80.8 Å². The van der Waals surface area contributed by atoms with Crippen LogP contribution >= 0.6 is 12.1 Å². The first kappa shape index (κ1) is 96.1. The first-order chi connectivity index (χ1) is 54.3. The molecule has 115 heavy (non-hydrogen) atoms. The number of rotatable bonds is 19. The molecule has 0 aliphatic carbocycles. The molecular weight excluding hydrogens is 1500 g/mol. The largest absolute Gasteiger partial charge is 0.458 e. The number of aromatic nitrogens is 3. The van der Waals surface area contributed by atoms with Gasteiger partial charge in [-0.3, -0.25) is 43.5 Å². The maximum atomic E-state index is 14.1. The number of Topliss-reactive ketones (excluding diaryl/α,β-unsaturated/α-hetero) is 2. The molecule has 6 aliphatic rings. The summed E-state index contributed by atoms with van der Waals surface area (Å²) in [5.41, 5.74) is 22.9. The molecule has 30 nitrogen and oxygen atoms in total. The minimum absolute atomic E-state index is 0.177. The summed E-state index contributed by atoms with van der Waals surface area (Å²) in [6.07, 6.45) is 8.50. The highest BCUT2D eigenvalue weighted by Crippen LogP contribution is 2.43. The number of terminal acetylenes is 1. The van der Waals surface area contributed by atoms with Gasteiger partial charge in [-0.05, 0) is 210 Å². The Hall–Kier alpha value is -7.77. The summed E-state index contributed by atoms with van der Waals surface area (Å²) >= 11 is 0.250. The Morgan fingerprint density at radius 1 is 0.687 bits per heavy atom. The van der Waals surface area contributed by atoms with Gasteiger partial charge in [0, 0.05) is 121 Å². The van der Waals surface area contributed by atoms with Crippen LogP contribution in [0.1, 0.15) is 154 Å². The zero-order chi connectivity index (χ0) is 85.7. The number of ether oxygens (including phenoxy) is 8. The van der Waals surface area contributed by atoms with Gasteiger partial charge in [-0.25, -0.2) is 9.59 Å². The third kappa shape index (κ3) is 24.5. The van der Waals surface area contributed by atoms with Crippen molar-refractivity contribution in [2.24, 2.45) is 28.8 Å². The highest BCUT2D eigenvalue weighted by atomic mass is 32.2. The molecular formula is C83H129FN14O16S. The van der Waals surface area contributed by atoms with E-state index in [-0.39, 0.29) is 60.1 Å². The third-order valence-corrected chi connectivity index (χ3v) is 23.3. The number of carbonyl (C=O) groups excluding carboxylic acids is 6. The Labute approximate surface area is 684 Å². The molecule has 0 radical (unpaired) electrons. The SMILES string of the molecule is C#Cc1cccc(N)c1.CC[C@H]1OC(=O)[C@H](C)C(=O)[C@H](C)[C@@H](O[C@@H]2OC(C)CC(N(C)C)C2O)/C(C)=C/CN(C)[C@H](C)[C@H]2N(CCCCN=[N+]=[N-])C(=O)O[C@]12C.CC[C@H]1OC(=O)[C@H](C)C(=O)[C@H](C)[C@@H](O[C@@H]2OC(C)CC(N(C)C)C2O)/C(C)=C/CN(C)[C@H](C)[C@H]2N(CCCCn3cc(-c4cccc(N)c4)nn3)C(=O)O[C@]12C.CSF. The molecule has 2 amide bonds. The first-order valence-electron chi connectivity index (χ1n) is 40.0. The average molecular weight is 1630 g/mol. The molecule has 1 aromatic heterocycles. The van der Waals surface area contributed by atoms with E-state index < -0.39 is 120 Å². The van der Waals surface area contributed by atoms with Crippen molar-refractivity contribution in [3.63, 3.8) is 0 Å². The lowest BCUT2D eigenvalue weighted by molar-refractivity contribution is -0.267. The van der Waals surface area contributed by atoms with Crippen molar-refractivity contribution in [2.45, 2.75) is 264 Å². The number of nitrogens with zero attached hydrogens (tertiary/aromatic N) is 12. The molecule has 7 heterocycles. The molecule has 22 atom stereocenters. The van der Waals surface area contributed by atoms with E-state index in [1.54, 1.807) is 54.3 Å². The summed E-state index contributed by atoms with van der Waals surface area (Å²) in [6, 6.07) is 12.9. The number of likely N-dealkylation sites (N-methyl/N-ethyl adjacent to an activating group) is 4. The van der Waals surface area contributed by atoms with Crippen molar-refractivity contribution in [1.29, 1.82) is 0 Å². The summed E-state index contributed by atoms with van der Waals surface area (Å²) in [7, 11) is 11.5. The zero-order valence-electron chi connectivity index (χ0n) is 71.3. The number of nitrogens with two attached hydrogens (primary N) is 2. The van der Waals surface area contributed by atoms with E-state index in [1.165, 1.54) is 13.2 Å². The fourth-order valence-electron chi connectivity index (χ4n) is 16.3. The second-order valence-electron chi connectivity index (χ2n) is 32.2. The number of hydrogen-bond acceptors (Lipinski definition) is 26. The Morgan fingerprint density at radius 2 is 1.10 bits per heavy atom. The molecule has 6 unspecified atom stereocenters. The Kier molecular flexibility index (Phi) is 36.9. The van der Waals surface area contributed by atoms with Gasteiger partial charge < -0.3 is 69.4 Å². The van der Waals surface area contributed by atoms with Gasteiger partial charge in [0.15, 0.2) is 35.3 Å². The number of fused-ring (bicyclic) bond motifs is 2. The lowest BCUT2D eigenvalue weighted by atomic mass is 9.83. The van der Waals surface area contributed by atoms with Gasteiger partial charge in [-0.15, -0.1) is 11.5 Å². The molecule has 3 aromatic rings. The standard InChI is InChI=1S/C41H63N7O8.C33H56N6O8.C8H7N.CH3FS/c1-11-33-41(7)37(48(40(52)56-41)19-13-12-18-47-23-31(43-44-47)29-15-14-16-30(42)22-29)28(6)46(10)20-17-24(2)36(26(4)34(49)27(5)38(51)54-33)55-39-35(50)32(45(8)9)21-25(3)53-39;1-11-25-33(7)29(39(32(43)47-33)16-13-12-15-35-36-34)23(6)38(10)17-14-19(2)28(21(4)26(40)22(5)30(42)45-25)46-31-27(41)24(37(8)9)18-20(3)44-31;1-2-7-4-3-5-8(9)6-7;1-3-2/h14-17,22-23,25-28,32-33,35-37,39,50H,11-13,18-21,42H2,1-10H3;14,20-25,27-29,31,41H,11-13,15-18H2,1-10H3;1,3-6H,9H2;1H3/b24-17+;19-14+;;/t25?,26-,27+,28+,32?,33+,35?,36-,37+,39-,41+;20?,21-,22+,23+,24?,25+,27?,28-,29+,31-,33+;;/m00../s1. The van der Waals surface area contributed by atoms with Crippen LogP contribution in [0.4, 0.5) is 24.8 Å². The number of nitrogen functional groups attached to an aromatic ring is 2. The van der Waals surface area contributed by atoms with Crippen LogP contribution in [0, 0.1) is 36.0 Å². The summed E-state index contributed by atoms with van der Waals surface area (Å²) in [5, 5.41) is 34.7. The van der Waals surface area contributed by atoms with Crippen molar-refractivity contribution in [1.82, 2.24) is 44.4 Å². The van der Waals surface area contributed by atoms with Gasteiger partial charge in [0.1, 0.15) is 41.9 Å². The number of benzene rings is 2. The van der Waals surface area contributed by atoms with Gasteiger partial charge in [0.25, 0.3) is 0 Å². The molecule has 4 saturated heterocycles. The van der Waals surface area contributed by atoms with Crippen LogP contribution in [0.3, 0.4) is 0 Å². The van der Waals surface area contributed by atoms with Crippen LogP contribution in [-0.2, 0) is 63.6 Å². The van der Waals surface area contributed by atoms with E-state index in [0.717, 1.165) is 34.4 Å². The van der Waals surface area contributed by atoms with Crippen LogP contribution in [-0.4, -0.2) is 280 Å². The average Bonchev–Trinajstić information content (AvgIpc) is 1.61. The lowest BCUT2D eigenvalue weighted by Crippen LogP contribution is -2.61. The molecule has 0 spiro atoms. The monoisotopic (exact) mass is 1630 g/mol. The molecule has 4 fully saturated rings. The smallest absolute Gasteiger partial charge is 0.410 e. The Bertz CT molecular complexity index is 3860.